The molecule has 4 aromatic rings. The Labute approximate surface area is 186 Å². The number of ether oxygens (including phenoxy) is 1. The second-order valence-electron chi connectivity index (χ2n) is 8.12. The van der Waals surface area contributed by atoms with Gasteiger partial charge in [0.15, 0.2) is 11.6 Å². The number of methoxy groups -OCH3 is 1. The smallest absolute Gasteiger partial charge is 0.256 e. The molecule has 33 heavy (non-hydrogen) atoms. The molecule has 2 aromatic heterocycles. The largest absolute Gasteiger partial charge is 0.491 e. The van der Waals surface area contributed by atoms with Crippen molar-refractivity contribution in [2.24, 2.45) is 0 Å². The molecule has 1 saturated carbocycles. The zero-order valence-electron chi connectivity index (χ0n) is 17.7. The molecular formula is C24H20F3N3O3. The first-order chi connectivity index (χ1) is 15.9. The summed E-state index contributed by atoms with van der Waals surface area (Å²) in [7, 11) is 1.20. The summed E-state index contributed by atoms with van der Waals surface area (Å²) in [6, 6.07) is 5.20. The lowest BCUT2D eigenvalue weighted by molar-refractivity contribution is 0.0952. The van der Waals surface area contributed by atoms with E-state index in [-0.39, 0.29) is 40.6 Å². The molecule has 1 amide bonds. The van der Waals surface area contributed by atoms with Gasteiger partial charge in [0, 0.05) is 35.9 Å². The van der Waals surface area contributed by atoms with E-state index >= 15 is 0 Å². The standard InChI is InChI=1S/C24H20F3N3O3/c1-33-23-20(27)18(26)9-16-21(23)30(14-3-4-14)11-17(22(16)31)24(32)28-7-6-12-10-29-19-5-2-13(25)8-15(12)19/h2,5,8-11,14,29H,3-4,6-7H2,1H3,(H,28,32). The van der Waals surface area contributed by atoms with Crippen molar-refractivity contribution in [2.75, 3.05) is 13.7 Å². The number of carbonyl (C=O) groups excluding carboxylic acids is 1. The molecule has 9 heteroatoms. The number of fused-ring (bicyclic) bond motifs is 2. The predicted molar refractivity (Wildman–Crippen MR) is 117 cm³/mol. The van der Waals surface area contributed by atoms with Crippen LogP contribution in [0.25, 0.3) is 21.8 Å². The third-order valence-corrected chi connectivity index (χ3v) is 5.96. The number of H-pyrrole nitrogens is 1. The van der Waals surface area contributed by atoms with Gasteiger partial charge in [-0.05, 0) is 49.1 Å². The van der Waals surface area contributed by atoms with E-state index in [0.29, 0.717) is 6.42 Å². The Balaban J connectivity index is 1.46. The van der Waals surface area contributed by atoms with Crippen LogP contribution in [-0.2, 0) is 6.42 Å². The molecule has 2 aromatic carbocycles. The van der Waals surface area contributed by atoms with Gasteiger partial charge in [-0.3, -0.25) is 9.59 Å². The van der Waals surface area contributed by atoms with Crippen LogP contribution < -0.4 is 15.5 Å². The Hall–Kier alpha value is -3.75. The Kier molecular flexibility index (Phi) is 5.11. The first-order valence-electron chi connectivity index (χ1n) is 10.5. The number of aromatic nitrogens is 2. The molecule has 2 heterocycles. The molecule has 5 rings (SSSR count). The number of rotatable bonds is 6. The quantitative estimate of drug-likeness (QED) is 0.457. The number of halogens is 3. The maximum atomic E-state index is 14.3. The molecule has 1 fully saturated rings. The third kappa shape index (κ3) is 3.63. The van der Waals surface area contributed by atoms with Crippen molar-refractivity contribution < 1.29 is 22.7 Å². The summed E-state index contributed by atoms with van der Waals surface area (Å²) in [6.07, 6.45) is 5.12. The molecule has 170 valence electrons. The number of amides is 1. The highest BCUT2D eigenvalue weighted by atomic mass is 19.2. The Morgan fingerprint density at radius 3 is 2.73 bits per heavy atom. The third-order valence-electron chi connectivity index (χ3n) is 5.96. The number of hydrogen-bond donors (Lipinski definition) is 2. The number of hydrogen-bond acceptors (Lipinski definition) is 3. The fourth-order valence-electron chi connectivity index (χ4n) is 4.18. The topological polar surface area (TPSA) is 76.1 Å². The van der Waals surface area contributed by atoms with E-state index in [9.17, 15) is 22.8 Å². The number of benzene rings is 2. The molecule has 6 nitrogen and oxygen atoms in total. The van der Waals surface area contributed by atoms with Crippen molar-refractivity contribution in [3.8, 4) is 5.75 Å². The summed E-state index contributed by atoms with van der Waals surface area (Å²) in [5.41, 5.74) is 0.878. The van der Waals surface area contributed by atoms with E-state index in [0.717, 1.165) is 35.4 Å². The van der Waals surface area contributed by atoms with Gasteiger partial charge in [0.25, 0.3) is 5.91 Å². The maximum absolute atomic E-state index is 14.3. The number of aromatic amines is 1. The monoisotopic (exact) mass is 455 g/mol. The normalized spacial score (nSPS) is 13.6. The van der Waals surface area contributed by atoms with Crippen LogP contribution in [0.3, 0.4) is 0 Å². The van der Waals surface area contributed by atoms with Crippen molar-refractivity contribution >= 4 is 27.7 Å². The van der Waals surface area contributed by atoms with Gasteiger partial charge < -0.3 is 19.6 Å². The van der Waals surface area contributed by atoms with Gasteiger partial charge in [0.1, 0.15) is 11.4 Å². The Morgan fingerprint density at radius 2 is 2.00 bits per heavy atom. The number of pyridine rings is 1. The average molecular weight is 455 g/mol. The van der Waals surface area contributed by atoms with Gasteiger partial charge >= 0.3 is 0 Å². The molecule has 0 radical (unpaired) electrons. The zero-order valence-corrected chi connectivity index (χ0v) is 17.7. The van der Waals surface area contributed by atoms with Crippen LogP contribution >= 0.6 is 0 Å². The van der Waals surface area contributed by atoms with E-state index in [2.05, 4.69) is 10.3 Å². The maximum Gasteiger partial charge on any atom is 0.256 e. The lowest BCUT2D eigenvalue weighted by atomic mass is 10.1. The number of nitrogens with zero attached hydrogens (tertiary/aromatic N) is 1. The summed E-state index contributed by atoms with van der Waals surface area (Å²) in [6.45, 7) is 0.199. The second kappa shape index (κ2) is 7.99. The molecular weight excluding hydrogens is 435 g/mol. The van der Waals surface area contributed by atoms with Gasteiger partial charge in [0.05, 0.1) is 18.0 Å². The SMILES string of the molecule is COc1c(F)c(F)cc2c(=O)c(C(=O)NCCc3c[nH]c4ccc(F)cc34)cn(C3CC3)c12. The van der Waals surface area contributed by atoms with Crippen molar-refractivity contribution in [1.82, 2.24) is 14.9 Å². The number of carbonyl (C=O) groups is 1. The predicted octanol–water partition coefficient (Wildman–Crippen LogP) is 4.22. The van der Waals surface area contributed by atoms with Crippen LogP contribution in [0.15, 0.2) is 41.5 Å². The highest BCUT2D eigenvalue weighted by Crippen LogP contribution is 2.40. The van der Waals surface area contributed by atoms with Crippen LogP contribution in [0, 0.1) is 17.5 Å². The van der Waals surface area contributed by atoms with Crippen molar-refractivity contribution in [3.63, 3.8) is 0 Å². The summed E-state index contributed by atoms with van der Waals surface area (Å²) in [5.74, 6) is -3.73. The fourth-order valence-corrected chi connectivity index (χ4v) is 4.18. The Bertz CT molecular complexity index is 1470. The first-order valence-corrected chi connectivity index (χ1v) is 10.5. The molecule has 0 saturated heterocycles. The summed E-state index contributed by atoms with van der Waals surface area (Å²) >= 11 is 0. The lowest BCUT2D eigenvalue weighted by Gasteiger charge is -2.16. The van der Waals surface area contributed by atoms with E-state index in [1.807, 2.05) is 0 Å². The highest BCUT2D eigenvalue weighted by Gasteiger charge is 2.30. The van der Waals surface area contributed by atoms with Crippen molar-refractivity contribution in [3.05, 3.63) is 75.5 Å². The minimum atomic E-state index is -1.22. The van der Waals surface area contributed by atoms with Crippen LogP contribution in [0.5, 0.6) is 5.75 Å². The summed E-state index contributed by atoms with van der Waals surface area (Å²) in [5, 5.41) is 3.31. The van der Waals surface area contributed by atoms with Gasteiger partial charge in [-0.1, -0.05) is 0 Å². The zero-order chi connectivity index (χ0) is 23.3. The Morgan fingerprint density at radius 1 is 1.21 bits per heavy atom. The van der Waals surface area contributed by atoms with Gasteiger partial charge in [-0.2, -0.15) is 4.39 Å². The van der Waals surface area contributed by atoms with E-state index in [4.69, 9.17) is 4.74 Å². The fraction of sp³-hybridized carbons (Fsp3) is 0.250. The van der Waals surface area contributed by atoms with Crippen LogP contribution in [0.4, 0.5) is 13.2 Å². The summed E-state index contributed by atoms with van der Waals surface area (Å²) < 4.78 is 48.7. The molecule has 0 aliphatic heterocycles. The molecule has 0 unspecified atom stereocenters. The number of nitrogens with one attached hydrogen (secondary N) is 2. The van der Waals surface area contributed by atoms with Crippen LogP contribution in [0.2, 0.25) is 0 Å². The lowest BCUT2D eigenvalue weighted by Crippen LogP contribution is -2.31. The van der Waals surface area contributed by atoms with E-state index in [1.165, 1.54) is 25.4 Å². The summed E-state index contributed by atoms with van der Waals surface area (Å²) in [4.78, 5) is 29.0. The molecule has 1 aliphatic rings. The highest BCUT2D eigenvalue weighted by molar-refractivity contribution is 5.98. The molecule has 0 spiro atoms. The average Bonchev–Trinajstić information content (AvgIpc) is 3.57. The van der Waals surface area contributed by atoms with Gasteiger partial charge in [0.2, 0.25) is 11.2 Å². The second-order valence-corrected chi connectivity index (χ2v) is 8.12. The van der Waals surface area contributed by atoms with Crippen molar-refractivity contribution in [2.45, 2.75) is 25.3 Å². The van der Waals surface area contributed by atoms with Crippen LogP contribution in [-0.4, -0.2) is 29.1 Å². The van der Waals surface area contributed by atoms with Gasteiger partial charge in [-0.25, -0.2) is 8.78 Å². The van der Waals surface area contributed by atoms with Crippen LogP contribution in [0.1, 0.15) is 34.8 Å². The van der Waals surface area contributed by atoms with E-state index < -0.39 is 23.0 Å². The molecule has 1 aliphatic carbocycles. The molecule has 2 N–H and O–H groups in total. The molecule has 0 bridgehead atoms. The van der Waals surface area contributed by atoms with Crippen molar-refractivity contribution in [1.29, 1.82) is 0 Å². The van der Waals surface area contributed by atoms with E-state index in [1.54, 1.807) is 16.8 Å². The minimum absolute atomic E-state index is 0.0282. The minimum Gasteiger partial charge on any atom is -0.491 e. The van der Waals surface area contributed by atoms with Gasteiger partial charge in [-0.15, -0.1) is 0 Å². The first kappa shape index (κ1) is 21.1. The molecule has 0 atom stereocenters.